The molecule has 0 aliphatic heterocycles. The predicted molar refractivity (Wildman–Crippen MR) is 96.1 cm³/mol. The number of aromatic hydroxyl groups is 1. The van der Waals surface area contributed by atoms with Crippen LogP contribution in [0.5, 0.6) is 5.75 Å². The SMILES string of the molecule is N#C/C(=C/c1cc(Br)c(O)c(I)c1)c1ccc(Br)cc1. The Morgan fingerprint density at radius 2 is 1.85 bits per heavy atom. The lowest BCUT2D eigenvalue weighted by atomic mass is 10.0. The maximum absolute atomic E-state index is 9.72. The molecule has 0 saturated carbocycles. The third kappa shape index (κ3) is 3.62. The molecule has 1 N–H and O–H groups in total. The van der Waals surface area contributed by atoms with E-state index < -0.39 is 0 Å². The Hall–Kier alpha value is -0.840. The second-order valence-corrected chi connectivity index (χ2v) is 6.94. The Labute approximate surface area is 147 Å². The van der Waals surface area contributed by atoms with Crippen LogP contribution in [0.3, 0.4) is 0 Å². The van der Waals surface area contributed by atoms with Gasteiger partial charge in [-0.3, -0.25) is 0 Å². The minimum Gasteiger partial charge on any atom is -0.506 e. The first kappa shape index (κ1) is 15.5. The minimum atomic E-state index is 0.213. The standard InChI is InChI=1S/C15H8Br2INO/c16-12-3-1-10(2-4-12)11(8-19)5-9-6-13(17)15(20)14(18)7-9/h1-7,20H/b11-5-. The normalized spacial score (nSPS) is 11.2. The third-order valence-electron chi connectivity index (χ3n) is 2.63. The Bertz CT molecular complexity index is 695. The molecule has 0 spiro atoms. The molecule has 0 unspecified atom stereocenters. The molecule has 0 fully saturated rings. The maximum atomic E-state index is 9.72. The van der Waals surface area contributed by atoms with Crippen molar-refractivity contribution in [2.45, 2.75) is 0 Å². The summed E-state index contributed by atoms with van der Waals surface area (Å²) in [6, 6.07) is 13.4. The number of benzene rings is 2. The fourth-order valence-electron chi connectivity index (χ4n) is 1.64. The van der Waals surface area contributed by atoms with Crippen LogP contribution in [0.25, 0.3) is 11.6 Å². The first-order valence-electron chi connectivity index (χ1n) is 5.57. The summed E-state index contributed by atoms with van der Waals surface area (Å²) < 4.78 is 2.32. The molecule has 0 radical (unpaired) electrons. The number of phenols is 1. The zero-order valence-corrected chi connectivity index (χ0v) is 15.4. The van der Waals surface area contributed by atoms with Crippen molar-refractivity contribution < 1.29 is 5.11 Å². The van der Waals surface area contributed by atoms with Crippen LogP contribution in [0.2, 0.25) is 0 Å². The molecule has 5 heteroatoms. The summed E-state index contributed by atoms with van der Waals surface area (Å²) >= 11 is 8.73. The van der Waals surface area contributed by atoms with Gasteiger partial charge in [0.05, 0.1) is 19.7 Å². The Morgan fingerprint density at radius 1 is 1.20 bits per heavy atom. The molecule has 2 aromatic carbocycles. The Morgan fingerprint density at radius 3 is 2.40 bits per heavy atom. The van der Waals surface area contributed by atoms with Gasteiger partial charge in [0.2, 0.25) is 0 Å². The molecule has 0 aliphatic carbocycles. The lowest BCUT2D eigenvalue weighted by Crippen LogP contribution is -1.84. The van der Waals surface area contributed by atoms with E-state index in [0.29, 0.717) is 10.0 Å². The van der Waals surface area contributed by atoms with E-state index in [1.807, 2.05) is 30.3 Å². The van der Waals surface area contributed by atoms with Gasteiger partial charge in [-0.1, -0.05) is 28.1 Å². The number of allylic oxidation sites excluding steroid dienone is 1. The third-order valence-corrected chi connectivity index (χ3v) is 4.58. The molecule has 2 aromatic rings. The van der Waals surface area contributed by atoms with Crippen molar-refractivity contribution in [2.75, 3.05) is 0 Å². The van der Waals surface area contributed by atoms with Gasteiger partial charge in [0.1, 0.15) is 5.75 Å². The average molecular weight is 505 g/mol. The highest BCUT2D eigenvalue weighted by atomic mass is 127. The van der Waals surface area contributed by atoms with Crippen LogP contribution in [0.15, 0.2) is 45.3 Å². The van der Waals surface area contributed by atoms with E-state index >= 15 is 0 Å². The van der Waals surface area contributed by atoms with Crippen LogP contribution in [0, 0.1) is 14.9 Å². The summed E-state index contributed by atoms with van der Waals surface area (Å²) in [5.41, 5.74) is 2.29. The van der Waals surface area contributed by atoms with E-state index in [4.69, 9.17) is 0 Å². The highest BCUT2D eigenvalue weighted by Gasteiger charge is 2.06. The molecule has 100 valence electrons. The number of halogens is 3. The average Bonchev–Trinajstić information content (AvgIpc) is 2.43. The van der Waals surface area contributed by atoms with Gasteiger partial charge in [0.25, 0.3) is 0 Å². The van der Waals surface area contributed by atoms with Crippen LogP contribution in [-0.4, -0.2) is 5.11 Å². The molecule has 2 nitrogen and oxygen atoms in total. The molecule has 0 aliphatic rings. The van der Waals surface area contributed by atoms with E-state index in [-0.39, 0.29) is 5.75 Å². The van der Waals surface area contributed by atoms with Gasteiger partial charge in [0, 0.05) is 4.47 Å². The molecule has 0 aromatic heterocycles. The van der Waals surface area contributed by atoms with Crippen LogP contribution in [-0.2, 0) is 0 Å². The molecule has 2 rings (SSSR count). The molecule has 0 saturated heterocycles. The van der Waals surface area contributed by atoms with E-state index in [9.17, 15) is 10.4 Å². The largest absolute Gasteiger partial charge is 0.506 e. The quantitative estimate of drug-likeness (QED) is 0.329. The van der Waals surface area contributed by atoms with Crippen molar-refractivity contribution >= 4 is 66.1 Å². The van der Waals surface area contributed by atoms with Crippen LogP contribution in [0.4, 0.5) is 0 Å². The summed E-state index contributed by atoms with van der Waals surface area (Å²) in [5, 5.41) is 19.0. The highest BCUT2D eigenvalue weighted by molar-refractivity contribution is 14.1. The number of hydrogen-bond donors (Lipinski definition) is 1. The fourth-order valence-corrected chi connectivity index (χ4v) is 3.41. The van der Waals surface area contributed by atoms with Gasteiger partial charge >= 0.3 is 0 Å². The number of nitrogens with zero attached hydrogens (tertiary/aromatic N) is 1. The molecular formula is C15H8Br2INO. The smallest absolute Gasteiger partial charge is 0.143 e. The van der Waals surface area contributed by atoms with Crippen LogP contribution >= 0.6 is 54.5 Å². The maximum Gasteiger partial charge on any atom is 0.143 e. The van der Waals surface area contributed by atoms with E-state index in [0.717, 1.165) is 19.2 Å². The minimum absolute atomic E-state index is 0.213. The van der Waals surface area contributed by atoms with Gasteiger partial charge in [-0.2, -0.15) is 5.26 Å². The first-order chi connectivity index (χ1) is 9.51. The molecule has 20 heavy (non-hydrogen) atoms. The van der Waals surface area contributed by atoms with E-state index in [2.05, 4.69) is 60.5 Å². The molecule has 0 bridgehead atoms. The van der Waals surface area contributed by atoms with Gasteiger partial charge in [-0.25, -0.2) is 0 Å². The van der Waals surface area contributed by atoms with Crippen molar-refractivity contribution in [1.82, 2.24) is 0 Å². The van der Waals surface area contributed by atoms with Crippen molar-refractivity contribution in [1.29, 1.82) is 5.26 Å². The summed E-state index contributed by atoms with van der Waals surface area (Å²) in [6.45, 7) is 0. The molecule has 0 amide bonds. The lowest BCUT2D eigenvalue weighted by Gasteiger charge is -2.04. The number of hydrogen-bond acceptors (Lipinski definition) is 2. The van der Waals surface area contributed by atoms with E-state index in [1.165, 1.54) is 0 Å². The van der Waals surface area contributed by atoms with Crippen molar-refractivity contribution in [3.63, 3.8) is 0 Å². The van der Waals surface area contributed by atoms with Crippen LogP contribution in [0.1, 0.15) is 11.1 Å². The van der Waals surface area contributed by atoms with Gasteiger partial charge in [-0.15, -0.1) is 0 Å². The second-order valence-electron chi connectivity index (χ2n) is 4.01. The number of rotatable bonds is 2. The van der Waals surface area contributed by atoms with Crippen molar-refractivity contribution in [2.24, 2.45) is 0 Å². The van der Waals surface area contributed by atoms with Gasteiger partial charge in [0.15, 0.2) is 0 Å². The summed E-state index contributed by atoms with van der Waals surface area (Å²) in [7, 11) is 0. The summed E-state index contributed by atoms with van der Waals surface area (Å²) in [6.07, 6.45) is 1.80. The number of phenolic OH excluding ortho intramolecular Hbond substituents is 1. The lowest BCUT2D eigenvalue weighted by molar-refractivity contribution is 0.468. The first-order valence-corrected chi connectivity index (χ1v) is 8.23. The second kappa shape index (κ2) is 6.74. The molecule has 0 heterocycles. The van der Waals surface area contributed by atoms with Gasteiger partial charge in [-0.05, 0) is 80.0 Å². The highest BCUT2D eigenvalue weighted by Crippen LogP contribution is 2.32. The topological polar surface area (TPSA) is 44.0 Å². The zero-order chi connectivity index (χ0) is 14.7. The molecule has 0 atom stereocenters. The zero-order valence-electron chi connectivity index (χ0n) is 10.1. The summed E-state index contributed by atoms with van der Waals surface area (Å²) in [4.78, 5) is 0. The van der Waals surface area contributed by atoms with Gasteiger partial charge < -0.3 is 5.11 Å². The predicted octanol–water partition coefficient (Wildman–Crippen LogP) is 5.59. The Balaban J connectivity index is 2.47. The number of nitriles is 1. The van der Waals surface area contributed by atoms with Crippen LogP contribution < -0.4 is 0 Å². The fraction of sp³-hybridized carbons (Fsp3) is 0. The van der Waals surface area contributed by atoms with Crippen molar-refractivity contribution in [3.8, 4) is 11.8 Å². The summed E-state index contributed by atoms with van der Waals surface area (Å²) in [5.74, 6) is 0.213. The monoisotopic (exact) mass is 503 g/mol. The van der Waals surface area contributed by atoms with E-state index in [1.54, 1.807) is 12.1 Å². The Kier molecular flexibility index (Phi) is 5.24. The molecular weight excluding hydrogens is 497 g/mol. The van der Waals surface area contributed by atoms with Crippen molar-refractivity contribution in [3.05, 3.63) is 60.0 Å².